The van der Waals surface area contributed by atoms with Crippen LogP contribution in [0.25, 0.3) is 22.7 Å². The van der Waals surface area contributed by atoms with Crippen molar-refractivity contribution in [1.29, 1.82) is 0 Å². The maximum atomic E-state index is 13.6. The van der Waals surface area contributed by atoms with Gasteiger partial charge in [-0.05, 0) is 42.0 Å². The van der Waals surface area contributed by atoms with Gasteiger partial charge in [-0.3, -0.25) is 9.78 Å². The predicted octanol–water partition coefficient (Wildman–Crippen LogP) is 2.32. The van der Waals surface area contributed by atoms with E-state index in [0.717, 1.165) is 22.9 Å². The summed E-state index contributed by atoms with van der Waals surface area (Å²) >= 11 is 0. The standard InChI is InChI=1S/C18H11FN2O5/c19-11-1-2-14-12(8-11)16(22)13(17(23)24)9-21(14)15(18(25)26)7-10-3-5-20-6-4-10/h1-9H,(H,23,24)(H,25,26)/b15-7-. The average Bonchev–Trinajstić information content (AvgIpc) is 2.61. The number of pyridine rings is 2. The van der Waals surface area contributed by atoms with Gasteiger partial charge in [0.15, 0.2) is 0 Å². The molecule has 26 heavy (non-hydrogen) atoms. The van der Waals surface area contributed by atoms with Gasteiger partial charge < -0.3 is 14.8 Å². The lowest BCUT2D eigenvalue weighted by Gasteiger charge is -2.13. The molecule has 0 spiro atoms. The van der Waals surface area contributed by atoms with E-state index in [4.69, 9.17) is 0 Å². The van der Waals surface area contributed by atoms with Crippen LogP contribution in [0, 0.1) is 5.82 Å². The van der Waals surface area contributed by atoms with Crippen molar-refractivity contribution in [3.8, 4) is 0 Å². The number of hydrogen-bond acceptors (Lipinski definition) is 4. The third-order valence-electron chi connectivity index (χ3n) is 3.68. The molecule has 0 saturated carbocycles. The van der Waals surface area contributed by atoms with Gasteiger partial charge in [0.1, 0.15) is 17.1 Å². The van der Waals surface area contributed by atoms with Crippen molar-refractivity contribution in [3.05, 3.63) is 76.1 Å². The number of halogens is 1. The van der Waals surface area contributed by atoms with Gasteiger partial charge >= 0.3 is 11.9 Å². The highest BCUT2D eigenvalue weighted by Gasteiger charge is 2.19. The molecule has 0 bridgehead atoms. The Labute approximate surface area is 145 Å². The summed E-state index contributed by atoms with van der Waals surface area (Å²) in [6.07, 6.45) is 5.15. The molecule has 3 aromatic rings. The van der Waals surface area contributed by atoms with Crippen LogP contribution in [0.5, 0.6) is 0 Å². The molecule has 2 N–H and O–H groups in total. The van der Waals surface area contributed by atoms with Crippen molar-refractivity contribution < 1.29 is 24.2 Å². The van der Waals surface area contributed by atoms with Crippen molar-refractivity contribution in [3.63, 3.8) is 0 Å². The van der Waals surface area contributed by atoms with Gasteiger partial charge in [-0.15, -0.1) is 0 Å². The number of carbonyl (C=O) groups is 2. The lowest BCUT2D eigenvalue weighted by atomic mass is 10.1. The minimum absolute atomic E-state index is 0.0732. The van der Waals surface area contributed by atoms with Crippen molar-refractivity contribution in [2.45, 2.75) is 0 Å². The number of benzene rings is 1. The van der Waals surface area contributed by atoms with Gasteiger partial charge in [-0.1, -0.05) is 0 Å². The molecule has 7 nitrogen and oxygen atoms in total. The maximum Gasteiger partial charge on any atom is 0.352 e. The number of hydrogen-bond donors (Lipinski definition) is 2. The molecule has 2 aromatic heterocycles. The molecule has 130 valence electrons. The Morgan fingerprint density at radius 3 is 2.42 bits per heavy atom. The normalized spacial score (nSPS) is 11.5. The lowest BCUT2D eigenvalue weighted by molar-refractivity contribution is -0.130. The van der Waals surface area contributed by atoms with Crippen LogP contribution in [0.4, 0.5) is 4.39 Å². The maximum absolute atomic E-state index is 13.6. The van der Waals surface area contributed by atoms with Gasteiger partial charge in [0.25, 0.3) is 0 Å². The summed E-state index contributed by atoms with van der Waals surface area (Å²) in [6, 6.07) is 6.29. The summed E-state index contributed by atoms with van der Waals surface area (Å²) in [6.45, 7) is 0. The highest BCUT2D eigenvalue weighted by Crippen LogP contribution is 2.20. The number of aromatic nitrogens is 2. The number of aliphatic carboxylic acids is 1. The molecule has 8 heteroatoms. The topological polar surface area (TPSA) is 109 Å². The summed E-state index contributed by atoms with van der Waals surface area (Å²) in [5.74, 6) is -3.63. The Hall–Kier alpha value is -3.81. The first kappa shape index (κ1) is 17.0. The van der Waals surface area contributed by atoms with Gasteiger partial charge in [-0.2, -0.15) is 0 Å². The van der Waals surface area contributed by atoms with E-state index < -0.39 is 28.7 Å². The van der Waals surface area contributed by atoms with E-state index in [9.17, 15) is 29.0 Å². The third-order valence-corrected chi connectivity index (χ3v) is 3.68. The van der Waals surface area contributed by atoms with E-state index in [1.165, 1.54) is 24.5 Å². The van der Waals surface area contributed by atoms with E-state index in [2.05, 4.69) is 4.98 Å². The molecule has 0 saturated heterocycles. The van der Waals surface area contributed by atoms with Crippen LogP contribution < -0.4 is 5.43 Å². The van der Waals surface area contributed by atoms with Gasteiger partial charge in [-0.25, -0.2) is 14.0 Å². The summed E-state index contributed by atoms with van der Waals surface area (Å²) in [7, 11) is 0. The lowest BCUT2D eigenvalue weighted by Crippen LogP contribution is -2.20. The second-order valence-electron chi connectivity index (χ2n) is 5.32. The molecular formula is C18H11FN2O5. The number of nitrogens with zero attached hydrogens (tertiary/aromatic N) is 2. The van der Waals surface area contributed by atoms with Gasteiger partial charge in [0, 0.05) is 24.0 Å². The van der Waals surface area contributed by atoms with Crippen LogP contribution in [0.1, 0.15) is 15.9 Å². The van der Waals surface area contributed by atoms with Crippen molar-refractivity contribution in [1.82, 2.24) is 9.55 Å². The van der Waals surface area contributed by atoms with Crippen LogP contribution in [-0.4, -0.2) is 31.7 Å². The molecule has 0 unspecified atom stereocenters. The smallest absolute Gasteiger partial charge is 0.352 e. The first-order valence-electron chi connectivity index (χ1n) is 7.32. The number of carboxylic acids is 2. The van der Waals surface area contributed by atoms with Crippen LogP contribution in [0.2, 0.25) is 0 Å². The van der Waals surface area contributed by atoms with Crippen molar-refractivity contribution >= 4 is 34.6 Å². The summed E-state index contributed by atoms with van der Waals surface area (Å²) in [4.78, 5) is 39.3. The number of aromatic carboxylic acids is 1. The van der Waals surface area contributed by atoms with E-state index in [0.29, 0.717) is 5.56 Å². The second kappa shape index (κ2) is 6.60. The van der Waals surface area contributed by atoms with E-state index >= 15 is 0 Å². The molecule has 2 heterocycles. The fraction of sp³-hybridized carbons (Fsp3) is 0. The third kappa shape index (κ3) is 3.07. The van der Waals surface area contributed by atoms with Crippen LogP contribution >= 0.6 is 0 Å². The molecule has 0 aliphatic rings. The molecule has 1 aromatic carbocycles. The zero-order valence-electron chi connectivity index (χ0n) is 13.1. The van der Waals surface area contributed by atoms with Crippen molar-refractivity contribution in [2.75, 3.05) is 0 Å². The molecule has 0 aliphatic carbocycles. The molecule has 0 aliphatic heterocycles. The minimum atomic E-state index is -1.54. The Balaban J connectivity index is 2.40. The number of rotatable bonds is 4. The summed E-state index contributed by atoms with van der Waals surface area (Å²) < 4.78 is 14.6. The van der Waals surface area contributed by atoms with E-state index in [1.54, 1.807) is 12.1 Å². The quantitative estimate of drug-likeness (QED) is 0.696. The van der Waals surface area contributed by atoms with Gasteiger partial charge in [0.05, 0.1) is 5.52 Å². The Morgan fingerprint density at radius 2 is 1.81 bits per heavy atom. The first-order valence-corrected chi connectivity index (χ1v) is 7.32. The van der Waals surface area contributed by atoms with Gasteiger partial charge in [0.2, 0.25) is 5.43 Å². The highest BCUT2D eigenvalue weighted by atomic mass is 19.1. The molecule has 3 rings (SSSR count). The average molecular weight is 354 g/mol. The summed E-state index contributed by atoms with van der Waals surface area (Å²) in [5.41, 5.74) is -1.29. The zero-order chi connectivity index (χ0) is 18.8. The monoisotopic (exact) mass is 354 g/mol. The fourth-order valence-electron chi connectivity index (χ4n) is 2.51. The SMILES string of the molecule is O=C(O)/C(=C/c1ccncc1)n1cc(C(=O)O)c(=O)c2cc(F)ccc21. The molecular weight excluding hydrogens is 343 g/mol. The van der Waals surface area contributed by atoms with Crippen LogP contribution in [0.3, 0.4) is 0 Å². The fourth-order valence-corrected chi connectivity index (χ4v) is 2.51. The Morgan fingerprint density at radius 1 is 1.12 bits per heavy atom. The Bertz CT molecular complexity index is 1120. The van der Waals surface area contributed by atoms with Crippen LogP contribution in [-0.2, 0) is 4.79 Å². The summed E-state index contributed by atoms with van der Waals surface area (Å²) in [5, 5.41) is 18.6. The number of fused-ring (bicyclic) bond motifs is 1. The second-order valence-corrected chi connectivity index (χ2v) is 5.32. The zero-order valence-corrected chi connectivity index (χ0v) is 13.1. The van der Waals surface area contributed by atoms with Crippen molar-refractivity contribution in [2.24, 2.45) is 0 Å². The van der Waals surface area contributed by atoms with Crippen LogP contribution in [0.15, 0.2) is 53.7 Å². The molecule has 0 atom stereocenters. The molecule has 0 radical (unpaired) electrons. The Kier molecular flexibility index (Phi) is 4.32. The molecule has 0 amide bonds. The van der Waals surface area contributed by atoms with E-state index in [1.807, 2.05) is 0 Å². The largest absolute Gasteiger partial charge is 0.477 e. The van der Waals surface area contributed by atoms with E-state index in [-0.39, 0.29) is 16.6 Å². The predicted molar refractivity (Wildman–Crippen MR) is 91.2 cm³/mol. The first-order chi connectivity index (χ1) is 12.4. The molecule has 0 fully saturated rings. The number of carboxylic acid groups (broad SMARTS) is 2. The minimum Gasteiger partial charge on any atom is -0.477 e. The highest BCUT2D eigenvalue weighted by molar-refractivity contribution is 6.16.